The molecular formula is C11H12N4O2. The van der Waals surface area contributed by atoms with Gasteiger partial charge in [-0.05, 0) is 12.0 Å². The van der Waals surface area contributed by atoms with E-state index in [-0.39, 0.29) is 28.7 Å². The Labute approximate surface area is 97.4 Å². The first-order valence-corrected chi connectivity index (χ1v) is 5.19. The standard InChI is InChI=1S/C11H12N4O2/c1-6(2)8-10(16)14-9(15-11(8)17)7-3-4-12-5-13-7/h3-6H,1-2H3,(H2,14,15,16,17). The van der Waals surface area contributed by atoms with E-state index in [1.807, 2.05) is 13.8 Å². The Morgan fingerprint density at radius 2 is 2.18 bits per heavy atom. The van der Waals surface area contributed by atoms with Crippen LogP contribution in [0.25, 0.3) is 11.5 Å². The lowest BCUT2D eigenvalue weighted by Gasteiger charge is -2.07. The number of aromatic hydroxyl groups is 1. The van der Waals surface area contributed by atoms with E-state index >= 15 is 0 Å². The average Bonchev–Trinajstić information content (AvgIpc) is 2.28. The molecule has 0 amide bonds. The van der Waals surface area contributed by atoms with Crippen molar-refractivity contribution in [1.29, 1.82) is 0 Å². The molecular weight excluding hydrogens is 220 g/mol. The molecule has 0 aliphatic heterocycles. The van der Waals surface area contributed by atoms with Gasteiger partial charge in [0.15, 0.2) is 5.82 Å². The zero-order chi connectivity index (χ0) is 12.4. The average molecular weight is 232 g/mol. The molecule has 2 N–H and O–H groups in total. The summed E-state index contributed by atoms with van der Waals surface area (Å²) in [5, 5.41) is 9.73. The third-order valence-corrected chi connectivity index (χ3v) is 2.34. The van der Waals surface area contributed by atoms with E-state index in [1.165, 1.54) is 12.5 Å². The van der Waals surface area contributed by atoms with Crippen molar-refractivity contribution in [3.8, 4) is 17.4 Å². The molecule has 2 heterocycles. The van der Waals surface area contributed by atoms with E-state index in [9.17, 15) is 9.90 Å². The van der Waals surface area contributed by atoms with Gasteiger partial charge in [-0.15, -0.1) is 0 Å². The number of nitrogens with one attached hydrogen (secondary N) is 1. The van der Waals surface area contributed by atoms with Gasteiger partial charge in [-0.25, -0.2) is 9.97 Å². The third-order valence-electron chi connectivity index (χ3n) is 2.34. The molecule has 0 saturated carbocycles. The number of aromatic amines is 1. The molecule has 0 radical (unpaired) electrons. The summed E-state index contributed by atoms with van der Waals surface area (Å²) in [6, 6.07) is 1.60. The molecule has 0 saturated heterocycles. The molecule has 17 heavy (non-hydrogen) atoms. The van der Waals surface area contributed by atoms with Crippen LogP contribution >= 0.6 is 0 Å². The minimum atomic E-state index is -0.346. The van der Waals surface area contributed by atoms with E-state index in [4.69, 9.17) is 0 Å². The zero-order valence-electron chi connectivity index (χ0n) is 9.51. The lowest BCUT2D eigenvalue weighted by Crippen LogP contribution is -2.16. The highest BCUT2D eigenvalue weighted by Crippen LogP contribution is 2.20. The molecule has 0 aromatic carbocycles. The molecule has 0 aliphatic rings. The van der Waals surface area contributed by atoms with Crippen LogP contribution in [0.1, 0.15) is 25.3 Å². The minimum Gasteiger partial charge on any atom is -0.493 e. The molecule has 88 valence electrons. The maximum atomic E-state index is 11.8. The Balaban J connectivity index is 2.58. The molecule has 0 fully saturated rings. The normalized spacial score (nSPS) is 10.8. The lowest BCUT2D eigenvalue weighted by atomic mass is 10.1. The van der Waals surface area contributed by atoms with Gasteiger partial charge < -0.3 is 10.1 Å². The van der Waals surface area contributed by atoms with Crippen LogP contribution in [0.3, 0.4) is 0 Å². The first-order chi connectivity index (χ1) is 8.09. The van der Waals surface area contributed by atoms with E-state index in [1.54, 1.807) is 6.07 Å². The van der Waals surface area contributed by atoms with Gasteiger partial charge >= 0.3 is 0 Å². The fourth-order valence-electron chi connectivity index (χ4n) is 1.54. The zero-order valence-corrected chi connectivity index (χ0v) is 9.51. The molecule has 0 atom stereocenters. The van der Waals surface area contributed by atoms with Crippen molar-refractivity contribution in [3.05, 3.63) is 34.5 Å². The number of aromatic nitrogens is 4. The lowest BCUT2D eigenvalue weighted by molar-refractivity contribution is 0.440. The summed E-state index contributed by atoms with van der Waals surface area (Å²) in [5.41, 5.74) is 0.395. The van der Waals surface area contributed by atoms with Crippen molar-refractivity contribution in [3.63, 3.8) is 0 Å². The monoisotopic (exact) mass is 232 g/mol. The van der Waals surface area contributed by atoms with Crippen LogP contribution in [0.2, 0.25) is 0 Å². The summed E-state index contributed by atoms with van der Waals surface area (Å²) >= 11 is 0. The summed E-state index contributed by atoms with van der Waals surface area (Å²) in [5.74, 6) is -0.109. The number of nitrogens with zero attached hydrogens (tertiary/aromatic N) is 3. The molecule has 2 rings (SSSR count). The maximum Gasteiger partial charge on any atom is 0.258 e. The number of hydrogen-bond donors (Lipinski definition) is 2. The summed E-state index contributed by atoms with van der Waals surface area (Å²) < 4.78 is 0. The van der Waals surface area contributed by atoms with Crippen LogP contribution in [-0.4, -0.2) is 25.0 Å². The highest BCUT2D eigenvalue weighted by Gasteiger charge is 2.14. The predicted octanol–water partition coefficient (Wildman–Crippen LogP) is 1.06. The van der Waals surface area contributed by atoms with Gasteiger partial charge in [0.25, 0.3) is 5.56 Å². The van der Waals surface area contributed by atoms with Gasteiger partial charge in [0.05, 0.1) is 5.56 Å². The molecule has 0 unspecified atom stereocenters. The van der Waals surface area contributed by atoms with Crippen LogP contribution < -0.4 is 5.56 Å². The first kappa shape index (κ1) is 11.3. The Bertz CT molecular complexity index is 578. The Kier molecular flexibility index (Phi) is 2.86. The third kappa shape index (κ3) is 2.15. The SMILES string of the molecule is CC(C)c1c(O)nc(-c2ccncn2)[nH]c1=O. The molecule has 0 aliphatic carbocycles. The molecule has 0 bridgehead atoms. The van der Waals surface area contributed by atoms with Crippen LogP contribution in [-0.2, 0) is 0 Å². The van der Waals surface area contributed by atoms with Crippen molar-refractivity contribution in [2.45, 2.75) is 19.8 Å². The number of rotatable bonds is 2. The summed E-state index contributed by atoms with van der Waals surface area (Å²) in [6.45, 7) is 3.63. The molecule has 2 aromatic rings. The maximum absolute atomic E-state index is 11.8. The van der Waals surface area contributed by atoms with Crippen LogP contribution in [0.15, 0.2) is 23.4 Å². The highest BCUT2D eigenvalue weighted by atomic mass is 16.3. The topological polar surface area (TPSA) is 91.8 Å². The van der Waals surface area contributed by atoms with Crippen LogP contribution in [0.4, 0.5) is 0 Å². The highest BCUT2D eigenvalue weighted by molar-refractivity contribution is 5.49. The van der Waals surface area contributed by atoms with Gasteiger partial charge in [0.2, 0.25) is 5.88 Å². The van der Waals surface area contributed by atoms with Crippen molar-refractivity contribution < 1.29 is 5.11 Å². The second-order valence-corrected chi connectivity index (χ2v) is 3.90. The largest absolute Gasteiger partial charge is 0.493 e. The second kappa shape index (κ2) is 4.32. The number of hydrogen-bond acceptors (Lipinski definition) is 5. The minimum absolute atomic E-state index is 0.0919. The van der Waals surface area contributed by atoms with E-state index in [0.717, 1.165) is 0 Å². The molecule has 6 nitrogen and oxygen atoms in total. The fourth-order valence-corrected chi connectivity index (χ4v) is 1.54. The Hall–Kier alpha value is -2.24. The van der Waals surface area contributed by atoms with E-state index in [0.29, 0.717) is 5.69 Å². The molecule has 2 aromatic heterocycles. The fraction of sp³-hybridized carbons (Fsp3) is 0.273. The first-order valence-electron chi connectivity index (χ1n) is 5.19. The van der Waals surface area contributed by atoms with Crippen LogP contribution in [0.5, 0.6) is 5.88 Å². The van der Waals surface area contributed by atoms with Crippen LogP contribution in [0, 0.1) is 0 Å². The van der Waals surface area contributed by atoms with Crippen molar-refractivity contribution in [2.24, 2.45) is 0 Å². The quantitative estimate of drug-likeness (QED) is 0.807. The van der Waals surface area contributed by atoms with Crippen molar-refractivity contribution in [2.75, 3.05) is 0 Å². The van der Waals surface area contributed by atoms with Gasteiger partial charge in [-0.1, -0.05) is 13.8 Å². The van der Waals surface area contributed by atoms with E-state index in [2.05, 4.69) is 19.9 Å². The Morgan fingerprint density at radius 1 is 1.41 bits per heavy atom. The second-order valence-electron chi connectivity index (χ2n) is 3.90. The van der Waals surface area contributed by atoms with E-state index < -0.39 is 0 Å². The van der Waals surface area contributed by atoms with Gasteiger partial charge in [0.1, 0.15) is 12.0 Å². The van der Waals surface area contributed by atoms with Gasteiger partial charge in [-0.3, -0.25) is 4.79 Å². The molecule has 0 spiro atoms. The summed E-state index contributed by atoms with van der Waals surface area (Å²) in [6.07, 6.45) is 2.89. The summed E-state index contributed by atoms with van der Waals surface area (Å²) in [7, 11) is 0. The number of H-pyrrole nitrogens is 1. The molecule has 6 heteroatoms. The predicted molar refractivity (Wildman–Crippen MR) is 61.6 cm³/mol. The summed E-state index contributed by atoms with van der Waals surface area (Å²) in [4.78, 5) is 26.0. The van der Waals surface area contributed by atoms with Crippen molar-refractivity contribution >= 4 is 0 Å². The van der Waals surface area contributed by atoms with Gasteiger partial charge in [-0.2, -0.15) is 4.98 Å². The smallest absolute Gasteiger partial charge is 0.258 e. The Morgan fingerprint density at radius 3 is 2.71 bits per heavy atom. The van der Waals surface area contributed by atoms with Gasteiger partial charge in [0, 0.05) is 6.20 Å². The van der Waals surface area contributed by atoms with Crippen molar-refractivity contribution in [1.82, 2.24) is 19.9 Å².